The van der Waals surface area contributed by atoms with E-state index in [1.807, 2.05) is 60.7 Å². The highest BCUT2D eigenvalue weighted by Crippen LogP contribution is 2.36. The molecular formula is C26H30N2O5S. The largest absolute Gasteiger partial charge is 0.480 e. The minimum atomic E-state index is -0.980. The summed E-state index contributed by atoms with van der Waals surface area (Å²) < 4.78 is 5.61. The molecule has 0 spiro atoms. The topological polar surface area (TPSA) is 95.9 Å². The number of ether oxygens (including phenoxy) is 1. The number of thioether (sulfide) groups is 1. The lowest BCUT2D eigenvalue weighted by atomic mass is 10.0. The molecule has 1 unspecified atom stereocenters. The molecule has 4 atom stereocenters. The summed E-state index contributed by atoms with van der Waals surface area (Å²) in [6.45, 7) is 0.160. The maximum atomic E-state index is 13.4. The van der Waals surface area contributed by atoms with Crippen molar-refractivity contribution in [3.05, 3.63) is 71.8 Å². The van der Waals surface area contributed by atoms with Gasteiger partial charge in [-0.15, -0.1) is 11.8 Å². The van der Waals surface area contributed by atoms with Gasteiger partial charge in [-0.3, -0.25) is 14.9 Å². The van der Waals surface area contributed by atoms with E-state index in [0.29, 0.717) is 25.0 Å². The maximum Gasteiger partial charge on any atom is 0.327 e. The van der Waals surface area contributed by atoms with Crippen LogP contribution in [0.1, 0.15) is 36.8 Å². The molecule has 0 radical (unpaired) electrons. The first-order chi connectivity index (χ1) is 16.5. The van der Waals surface area contributed by atoms with Gasteiger partial charge in [-0.05, 0) is 43.2 Å². The van der Waals surface area contributed by atoms with E-state index < -0.39 is 30.1 Å². The van der Waals surface area contributed by atoms with E-state index in [9.17, 15) is 19.5 Å². The van der Waals surface area contributed by atoms with Gasteiger partial charge in [-0.1, -0.05) is 60.7 Å². The fraction of sp³-hybridized carbons (Fsp3) is 0.423. The second-order valence-corrected chi connectivity index (χ2v) is 9.92. The second-order valence-electron chi connectivity index (χ2n) is 8.71. The van der Waals surface area contributed by atoms with Crippen LogP contribution in [-0.2, 0) is 32.1 Å². The van der Waals surface area contributed by atoms with Crippen molar-refractivity contribution in [2.24, 2.45) is 0 Å². The number of fused-ring (bicyclic) bond motifs is 1. The highest BCUT2D eigenvalue weighted by Gasteiger charge is 2.45. The zero-order chi connectivity index (χ0) is 23.9. The van der Waals surface area contributed by atoms with E-state index in [-0.39, 0.29) is 17.9 Å². The zero-order valence-electron chi connectivity index (χ0n) is 19.0. The van der Waals surface area contributed by atoms with Gasteiger partial charge < -0.3 is 14.7 Å². The maximum absolute atomic E-state index is 13.4. The Balaban J connectivity index is 1.47. The Kier molecular flexibility index (Phi) is 8.24. The number of carbonyl (C=O) groups is 3. The third-order valence-electron chi connectivity index (χ3n) is 6.35. The molecule has 0 saturated carbocycles. The van der Waals surface area contributed by atoms with Crippen LogP contribution in [0.3, 0.4) is 0 Å². The average Bonchev–Trinajstić information content (AvgIpc) is 3.22. The predicted molar refractivity (Wildman–Crippen MR) is 130 cm³/mol. The van der Waals surface area contributed by atoms with E-state index in [0.717, 1.165) is 24.0 Å². The molecule has 2 saturated heterocycles. The number of rotatable bonds is 9. The molecule has 2 aliphatic rings. The van der Waals surface area contributed by atoms with Crippen molar-refractivity contribution in [1.29, 1.82) is 0 Å². The van der Waals surface area contributed by atoms with Crippen LogP contribution in [0, 0.1) is 0 Å². The van der Waals surface area contributed by atoms with Crippen LogP contribution >= 0.6 is 11.8 Å². The summed E-state index contributed by atoms with van der Waals surface area (Å²) in [6.07, 6.45) is 3.23. The van der Waals surface area contributed by atoms with Gasteiger partial charge in [-0.2, -0.15) is 0 Å². The number of carboxylic acids is 1. The number of aryl methyl sites for hydroxylation is 1. The molecule has 180 valence electrons. The van der Waals surface area contributed by atoms with Crippen LogP contribution in [0.4, 0.5) is 0 Å². The summed E-state index contributed by atoms with van der Waals surface area (Å²) in [7, 11) is 0. The van der Waals surface area contributed by atoms with Crippen LogP contribution < -0.4 is 5.32 Å². The molecule has 4 rings (SSSR count). The summed E-state index contributed by atoms with van der Waals surface area (Å²) in [5.41, 5.74) is 1.99. The molecule has 8 heteroatoms. The third kappa shape index (κ3) is 5.98. The van der Waals surface area contributed by atoms with E-state index in [4.69, 9.17) is 4.74 Å². The van der Waals surface area contributed by atoms with Crippen molar-refractivity contribution in [3.63, 3.8) is 0 Å². The first kappa shape index (κ1) is 24.3. The number of hydrogen-bond donors (Lipinski definition) is 2. The quantitative estimate of drug-likeness (QED) is 0.530. The average molecular weight is 483 g/mol. The Morgan fingerprint density at radius 2 is 1.74 bits per heavy atom. The minimum absolute atomic E-state index is 0.117. The standard InChI is InChI=1S/C26H30N2O5S/c29-24-20(12-7-13-23-28(24)22(17-34-23)25(30)31)27-21(15-14-18-8-3-1-4-9-18)26(32)33-16-19-10-5-2-6-11-19/h1-6,8-11,20-23,27H,7,12-17H2,(H,30,31)/t20-,21?,22-,23+/m1/s1. The van der Waals surface area contributed by atoms with Crippen molar-refractivity contribution in [2.45, 2.75) is 62.2 Å². The Morgan fingerprint density at radius 3 is 2.41 bits per heavy atom. The lowest BCUT2D eigenvalue weighted by molar-refractivity contribution is -0.151. The monoisotopic (exact) mass is 482 g/mol. The molecule has 2 fully saturated rings. The third-order valence-corrected chi connectivity index (χ3v) is 7.71. The number of amides is 1. The lowest BCUT2D eigenvalue weighted by Gasteiger charge is -2.30. The number of esters is 1. The molecule has 0 bridgehead atoms. The molecule has 2 aromatic carbocycles. The summed E-state index contributed by atoms with van der Waals surface area (Å²) in [4.78, 5) is 39.7. The molecule has 2 N–H and O–H groups in total. The van der Waals surface area contributed by atoms with Crippen LogP contribution in [-0.4, -0.2) is 57.1 Å². The molecule has 2 aromatic rings. The summed E-state index contributed by atoms with van der Waals surface area (Å²) in [5.74, 6) is -1.22. The Labute approximate surface area is 203 Å². The molecule has 7 nitrogen and oxygen atoms in total. The van der Waals surface area contributed by atoms with E-state index >= 15 is 0 Å². The highest BCUT2D eigenvalue weighted by atomic mass is 32.2. The number of aliphatic carboxylic acids is 1. The van der Waals surface area contributed by atoms with Gasteiger partial charge in [0.2, 0.25) is 5.91 Å². The highest BCUT2D eigenvalue weighted by molar-refractivity contribution is 8.00. The van der Waals surface area contributed by atoms with Crippen LogP contribution in [0.5, 0.6) is 0 Å². The van der Waals surface area contributed by atoms with Crippen molar-refractivity contribution >= 4 is 29.6 Å². The first-order valence-corrected chi connectivity index (χ1v) is 12.7. The molecule has 2 aliphatic heterocycles. The Hall–Kier alpha value is -2.84. The van der Waals surface area contributed by atoms with E-state index in [1.165, 1.54) is 16.7 Å². The molecule has 34 heavy (non-hydrogen) atoms. The molecule has 1 amide bonds. The van der Waals surface area contributed by atoms with E-state index in [2.05, 4.69) is 5.32 Å². The Morgan fingerprint density at radius 1 is 1.06 bits per heavy atom. The number of benzene rings is 2. The van der Waals surface area contributed by atoms with Gasteiger partial charge in [-0.25, -0.2) is 4.79 Å². The number of nitrogens with zero attached hydrogens (tertiary/aromatic N) is 1. The first-order valence-electron chi connectivity index (χ1n) is 11.7. The van der Waals surface area contributed by atoms with Crippen molar-refractivity contribution in [1.82, 2.24) is 10.2 Å². The molecule has 2 heterocycles. The fourth-order valence-electron chi connectivity index (χ4n) is 4.52. The van der Waals surface area contributed by atoms with Gasteiger partial charge in [0, 0.05) is 5.75 Å². The molecule has 0 aromatic heterocycles. The van der Waals surface area contributed by atoms with E-state index in [1.54, 1.807) is 0 Å². The number of hydrogen-bond acceptors (Lipinski definition) is 6. The second kappa shape index (κ2) is 11.5. The SMILES string of the molecule is O=C(OCc1ccccc1)C(CCc1ccccc1)N[C@@H]1CCC[C@@H]2SC[C@H](C(=O)O)N2C1=O. The van der Waals surface area contributed by atoms with Crippen LogP contribution in [0.2, 0.25) is 0 Å². The predicted octanol–water partition coefficient (Wildman–Crippen LogP) is 3.23. The zero-order valence-corrected chi connectivity index (χ0v) is 19.8. The fourth-order valence-corrected chi connectivity index (χ4v) is 5.98. The van der Waals surface area contributed by atoms with Crippen molar-refractivity contribution < 1.29 is 24.2 Å². The van der Waals surface area contributed by atoms with Crippen molar-refractivity contribution in [2.75, 3.05) is 5.75 Å². The van der Waals surface area contributed by atoms with Crippen LogP contribution in [0.15, 0.2) is 60.7 Å². The summed E-state index contributed by atoms with van der Waals surface area (Å²) >= 11 is 1.53. The number of carbonyl (C=O) groups excluding carboxylic acids is 2. The number of nitrogens with one attached hydrogen (secondary N) is 1. The van der Waals surface area contributed by atoms with Gasteiger partial charge in [0.1, 0.15) is 18.7 Å². The van der Waals surface area contributed by atoms with Gasteiger partial charge in [0.25, 0.3) is 0 Å². The smallest absolute Gasteiger partial charge is 0.327 e. The van der Waals surface area contributed by atoms with Crippen LogP contribution in [0.25, 0.3) is 0 Å². The van der Waals surface area contributed by atoms with Gasteiger partial charge in [0.15, 0.2) is 0 Å². The van der Waals surface area contributed by atoms with Crippen molar-refractivity contribution in [3.8, 4) is 0 Å². The van der Waals surface area contributed by atoms with Gasteiger partial charge in [0.05, 0.1) is 11.4 Å². The summed E-state index contributed by atoms with van der Waals surface area (Å²) in [5, 5.41) is 12.7. The molecular weight excluding hydrogens is 452 g/mol. The normalized spacial score (nSPS) is 23.1. The van der Waals surface area contributed by atoms with Gasteiger partial charge >= 0.3 is 11.9 Å². The molecule has 0 aliphatic carbocycles. The lowest BCUT2D eigenvalue weighted by Crippen LogP contribution is -2.55. The summed E-state index contributed by atoms with van der Waals surface area (Å²) in [6, 6.07) is 17.2. The number of carboxylic acid groups (broad SMARTS) is 1. The Bertz CT molecular complexity index is 987. The minimum Gasteiger partial charge on any atom is -0.480 e.